The van der Waals surface area contributed by atoms with E-state index in [9.17, 15) is 9.59 Å². The Hall–Kier alpha value is -3.02. The van der Waals surface area contributed by atoms with E-state index in [1.807, 2.05) is 41.3 Å². The smallest absolute Gasteiger partial charge is 0.253 e. The van der Waals surface area contributed by atoms with E-state index >= 15 is 0 Å². The third-order valence-corrected chi connectivity index (χ3v) is 6.45. The number of nitrogens with zero attached hydrogens (tertiary/aromatic N) is 2. The van der Waals surface area contributed by atoms with Gasteiger partial charge in [0.15, 0.2) is 11.5 Å². The lowest BCUT2D eigenvalue weighted by molar-refractivity contribution is -0.128. The molecule has 0 N–H and O–H groups in total. The topological polar surface area (TPSA) is 59.1 Å². The van der Waals surface area contributed by atoms with Crippen LogP contribution in [0.15, 0.2) is 42.5 Å². The van der Waals surface area contributed by atoms with E-state index < -0.39 is 0 Å². The van der Waals surface area contributed by atoms with Gasteiger partial charge in [0, 0.05) is 45.1 Å². The first-order chi connectivity index (χ1) is 15.4. The van der Waals surface area contributed by atoms with Gasteiger partial charge in [0.1, 0.15) is 0 Å². The minimum absolute atomic E-state index is 0.0241. The van der Waals surface area contributed by atoms with E-state index in [0.29, 0.717) is 25.1 Å². The summed E-state index contributed by atoms with van der Waals surface area (Å²) in [7, 11) is 5.14. The molecule has 6 nitrogen and oxygen atoms in total. The summed E-state index contributed by atoms with van der Waals surface area (Å²) in [5, 5.41) is 0. The Bertz CT molecular complexity index is 964. The summed E-state index contributed by atoms with van der Waals surface area (Å²) in [4.78, 5) is 28.3. The average molecular weight is 437 g/mol. The van der Waals surface area contributed by atoms with Crippen LogP contribution >= 0.6 is 0 Å². The second kappa shape index (κ2) is 9.63. The molecule has 0 radical (unpaired) electrons. The molecule has 1 aliphatic carbocycles. The monoisotopic (exact) mass is 436 g/mol. The lowest BCUT2D eigenvalue weighted by Crippen LogP contribution is -2.24. The van der Waals surface area contributed by atoms with Gasteiger partial charge >= 0.3 is 0 Å². The molecule has 2 aromatic rings. The fraction of sp³-hybridized carbons (Fsp3) is 0.462. The zero-order chi connectivity index (χ0) is 22.7. The van der Waals surface area contributed by atoms with Crippen LogP contribution in [0.2, 0.25) is 0 Å². The molecule has 2 aliphatic rings. The van der Waals surface area contributed by atoms with Crippen LogP contribution in [0, 0.1) is 0 Å². The zero-order valence-corrected chi connectivity index (χ0v) is 19.2. The van der Waals surface area contributed by atoms with Crippen molar-refractivity contribution in [3.05, 3.63) is 59.2 Å². The Morgan fingerprint density at radius 1 is 1.06 bits per heavy atom. The van der Waals surface area contributed by atoms with Crippen molar-refractivity contribution in [2.45, 2.75) is 50.7 Å². The zero-order valence-electron chi connectivity index (χ0n) is 19.2. The normalized spacial score (nSPS) is 18.8. The van der Waals surface area contributed by atoms with Crippen LogP contribution in [0.1, 0.15) is 59.5 Å². The Kier molecular flexibility index (Phi) is 6.68. The van der Waals surface area contributed by atoms with Crippen molar-refractivity contribution in [3.8, 4) is 11.5 Å². The van der Waals surface area contributed by atoms with Crippen molar-refractivity contribution in [1.82, 2.24) is 9.80 Å². The lowest BCUT2D eigenvalue weighted by atomic mass is 9.98. The highest BCUT2D eigenvalue weighted by molar-refractivity contribution is 5.93. The van der Waals surface area contributed by atoms with Crippen molar-refractivity contribution in [2.24, 2.45) is 0 Å². The van der Waals surface area contributed by atoms with Gasteiger partial charge in [0.25, 0.3) is 5.91 Å². The van der Waals surface area contributed by atoms with Crippen molar-refractivity contribution in [3.63, 3.8) is 0 Å². The summed E-state index contributed by atoms with van der Waals surface area (Å²) >= 11 is 0. The van der Waals surface area contributed by atoms with Crippen LogP contribution in [0.5, 0.6) is 11.5 Å². The molecule has 170 valence electrons. The molecule has 1 saturated heterocycles. The molecule has 2 aromatic carbocycles. The Morgan fingerprint density at radius 3 is 2.44 bits per heavy atom. The molecule has 0 spiro atoms. The number of carbonyl (C=O) groups is 2. The van der Waals surface area contributed by atoms with Gasteiger partial charge in [-0.05, 0) is 61.1 Å². The molecule has 32 heavy (non-hydrogen) atoms. The summed E-state index contributed by atoms with van der Waals surface area (Å²) in [5.74, 6) is 1.79. The highest BCUT2D eigenvalue weighted by atomic mass is 16.5. The Labute approximate surface area is 190 Å². The molecule has 1 heterocycles. The van der Waals surface area contributed by atoms with Gasteiger partial charge in [-0.25, -0.2) is 0 Å². The SMILES string of the molecule is COc1ccc(C2CC(=O)N(Cc3ccc(C(=O)N(C)C)cc3)C2)cc1OC1CCCC1. The van der Waals surface area contributed by atoms with Gasteiger partial charge in [0.05, 0.1) is 13.2 Å². The minimum atomic E-state index is -0.0241. The third-order valence-electron chi connectivity index (χ3n) is 6.45. The maximum atomic E-state index is 12.7. The van der Waals surface area contributed by atoms with Crippen LogP contribution in [0.25, 0.3) is 0 Å². The minimum Gasteiger partial charge on any atom is -0.493 e. The fourth-order valence-electron chi connectivity index (χ4n) is 4.60. The summed E-state index contributed by atoms with van der Waals surface area (Å²) in [6.45, 7) is 1.22. The van der Waals surface area contributed by atoms with Gasteiger partial charge in [0.2, 0.25) is 5.91 Å². The first-order valence-corrected chi connectivity index (χ1v) is 11.4. The molecule has 0 bridgehead atoms. The molecule has 4 rings (SSSR count). The van der Waals surface area contributed by atoms with E-state index in [4.69, 9.17) is 9.47 Å². The van der Waals surface area contributed by atoms with Crippen LogP contribution in [0.4, 0.5) is 0 Å². The van der Waals surface area contributed by atoms with Gasteiger partial charge in [-0.15, -0.1) is 0 Å². The standard InChI is InChI=1S/C26H32N2O4/c1-27(2)26(30)19-10-8-18(9-11-19)16-28-17-21(15-25(28)29)20-12-13-23(31-3)24(14-20)32-22-6-4-5-7-22/h8-14,21-22H,4-7,15-17H2,1-3H3. The summed E-state index contributed by atoms with van der Waals surface area (Å²) in [6.07, 6.45) is 5.34. The van der Waals surface area contributed by atoms with Crippen LogP contribution in [-0.2, 0) is 11.3 Å². The number of likely N-dealkylation sites (tertiary alicyclic amines) is 1. The fourth-order valence-corrected chi connectivity index (χ4v) is 4.60. The van der Waals surface area contributed by atoms with Crippen molar-refractivity contribution >= 4 is 11.8 Å². The van der Waals surface area contributed by atoms with E-state index in [2.05, 4.69) is 6.07 Å². The molecule has 1 saturated carbocycles. The molecule has 1 aliphatic heterocycles. The van der Waals surface area contributed by atoms with E-state index in [0.717, 1.165) is 35.5 Å². The first-order valence-electron chi connectivity index (χ1n) is 11.4. The molecule has 1 atom stereocenters. The highest BCUT2D eigenvalue weighted by Gasteiger charge is 2.31. The van der Waals surface area contributed by atoms with Gasteiger partial charge < -0.3 is 19.3 Å². The quantitative estimate of drug-likeness (QED) is 0.652. The number of methoxy groups -OCH3 is 1. The predicted molar refractivity (Wildman–Crippen MR) is 123 cm³/mol. The number of rotatable bonds is 7. The second-order valence-electron chi connectivity index (χ2n) is 9.01. The van der Waals surface area contributed by atoms with Gasteiger partial charge in [-0.2, -0.15) is 0 Å². The number of hydrogen-bond acceptors (Lipinski definition) is 4. The average Bonchev–Trinajstić information content (AvgIpc) is 3.43. The largest absolute Gasteiger partial charge is 0.493 e. The third kappa shape index (κ3) is 4.90. The molecule has 0 aromatic heterocycles. The Morgan fingerprint density at radius 2 is 1.78 bits per heavy atom. The van der Waals surface area contributed by atoms with Crippen molar-refractivity contribution < 1.29 is 19.1 Å². The van der Waals surface area contributed by atoms with Gasteiger partial charge in [-0.1, -0.05) is 18.2 Å². The van der Waals surface area contributed by atoms with Crippen LogP contribution in [0.3, 0.4) is 0 Å². The number of ether oxygens (including phenoxy) is 2. The molecule has 2 amide bonds. The molecular weight excluding hydrogens is 404 g/mol. The summed E-state index contributed by atoms with van der Waals surface area (Å²) < 4.78 is 11.7. The molecule has 2 fully saturated rings. The molecule has 1 unspecified atom stereocenters. The molecule has 6 heteroatoms. The predicted octanol–water partition coefficient (Wildman–Crippen LogP) is 4.23. The maximum absolute atomic E-state index is 12.7. The molecular formula is C26H32N2O4. The maximum Gasteiger partial charge on any atom is 0.253 e. The lowest BCUT2D eigenvalue weighted by Gasteiger charge is -2.19. The number of hydrogen-bond donors (Lipinski definition) is 0. The van der Waals surface area contributed by atoms with E-state index in [1.165, 1.54) is 12.8 Å². The summed E-state index contributed by atoms with van der Waals surface area (Å²) in [6, 6.07) is 13.6. The van der Waals surface area contributed by atoms with Crippen LogP contribution in [-0.4, -0.2) is 55.5 Å². The Balaban J connectivity index is 1.43. The highest BCUT2D eigenvalue weighted by Crippen LogP contribution is 2.37. The van der Waals surface area contributed by atoms with E-state index in [1.54, 1.807) is 26.1 Å². The number of carbonyl (C=O) groups excluding carboxylic acids is 2. The van der Waals surface area contributed by atoms with Gasteiger partial charge in [-0.3, -0.25) is 9.59 Å². The number of amides is 2. The number of benzene rings is 2. The van der Waals surface area contributed by atoms with Crippen molar-refractivity contribution in [2.75, 3.05) is 27.7 Å². The van der Waals surface area contributed by atoms with Crippen LogP contribution < -0.4 is 9.47 Å². The van der Waals surface area contributed by atoms with Crippen molar-refractivity contribution in [1.29, 1.82) is 0 Å². The second-order valence-corrected chi connectivity index (χ2v) is 9.01. The van der Waals surface area contributed by atoms with E-state index in [-0.39, 0.29) is 23.8 Å². The summed E-state index contributed by atoms with van der Waals surface area (Å²) in [5.41, 5.74) is 2.79. The first kappa shape index (κ1) is 22.2.